The molecule has 0 aliphatic carbocycles. The summed E-state index contributed by atoms with van der Waals surface area (Å²) < 4.78 is 26.6. The molecule has 1 N–H and O–H groups in total. The van der Waals surface area contributed by atoms with Crippen molar-refractivity contribution in [1.29, 1.82) is 0 Å². The molecule has 0 unspecified atom stereocenters. The first-order valence-corrected chi connectivity index (χ1v) is 9.66. The van der Waals surface area contributed by atoms with Crippen LogP contribution in [0.5, 0.6) is 0 Å². The maximum Gasteiger partial charge on any atom is 0.303 e. The van der Waals surface area contributed by atoms with E-state index in [-0.39, 0.29) is 11.9 Å². The molecule has 140 valence electrons. The summed E-state index contributed by atoms with van der Waals surface area (Å²) in [7, 11) is 0.865. The van der Waals surface area contributed by atoms with Gasteiger partial charge in [0.2, 0.25) is 0 Å². The Labute approximate surface area is 155 Å². The van der Waals surface area contributed by atoms with E-state index in [1.165, 1.54) is 31.0 Å². The van der Waals surface area contributed by atoms with Gasteiger partial charge in [-0.1, -0.05) is 29.8 Å². The van der Waals surface area contributed by atoms with Crippen molar-refractivity contribution in [2.45, 2.75) is 19.9 Å². The third-order valence-electron chi connectivity index (χ3n) is 4.23. The summed E-state index contributed by atoms with van der Waals surface area (Å²) in [4.78, 5) is 12.4. The fraction of sp³-hybridized carbons (Fsp3) is 0.316. The molecule has 26 heavy (non-hydrogen) atoms. The van der Waals surface area contributed by atoms with Gasteiger partial charge in [0.15, 0.2) is 0 Å². The number of hydrogen-bond donors (Lipinski definition) is 1. The molecule has 2 aromatic rings. The van der Waals surface area contributed by atoms with Gasteiger partial charge in [-0.3, -0.25) is 9.10 Å². The van der Waals surface area contributed by atoms with Crippen molar-refractivity contribution in [1.82, 2.24) is 9.62 Å². The lowest BCUT2D eigenvalue weighted by Gasteiger charge is -2.23. The molecular weight excluding hydrogens is 350 g/mol. The molecule has 2 aromatic carbocycles. The van der Waals surface area contributed by atoms with E-state index in [9.17, 15) is 13.2 Å². The topological polar surface area (TPSA) is 69.7 Å². The lowest BCUT2D eigenvalue weighted by Crippen LogP contribution is -2.37. The predicted octanol–water partition coefficient (Wildman–Crippen LogP) is 2.73. The van der Waals surface area contributed by atoms with E-state index in [4.69, 9.17) is 0 Å². The van der Waals surface area contributed by atoms with Crippen LogP contribution >= 0.6 is 0 Å². The molecule has 0 saturated heterocycles. The third kappa shape index (κ3) is 4.42. The quantitative estimate of drug-likeness (QED) is 0.844. The van der Waals surface area contributed by atoms with Crippen LogP contribution < -0.4 is 9.62 Å². The molecule has 0 spiro atoms. The van der Waals surface area contributed by atoms with Crippen molar-refractivity contribution >= 4 is 21.8 Å². The summed E-state index contributed by atoms with van der Waals surface area (Å²) >= 11 is 0. The molecule has 6 nitrogen and oxygen atoms in total. The normalized spacial score (nSPS) is 12.7. The number of nitrogens with one attached hydrogen (secondary N) is 1. The minimum absolute atomic E-state index is 0.125. The van der Waals surface area contributed by atoms with Gasteiger partial charge in [-0.15, -0.1) is 0 Å². The van der Waals surface area contributed by atoms with Crippen molar-refractivity contribution < 1.29 is 13.2 Å². The number of benzene rings is 2. The third-order valence-corrected chi connectivity index (χ3v) is 6.05. The van der Waals surface area contributed by atoms with E-state index >= 15 is 0 Å². The highest BCUT2D eigenvalue weighted by molar-refractivity contribution is 7.90. The Morgan fingerprint density at radius 2 is 1.50 bits per heavy atom. The number of hydrogen-bond acceptors (Lipinski definition) is 3. The van der Waals surface area contributed by atoms with E-state index in [0.29, 0.717) is 11.3 Å². The van der Waals surface area contributed by atoms with Gasteiger partial charge in [-0.2, -0.15) is 12.7 Å². The molecule has 1 amide bonds. The number of amides is 1. The van der Waals surface area contributed by atoms with Crippen LogP contribution in [-0.4, -0.2) is 39.8 Å². The summed E-state index contributed by atoms with van der Waals surface area (Å²) in [5.41, 5.74) is 3.15. The number of aryl methyl sites for hydroxylation is 1. The van der Waals surface area contributed by atoms with E-state index in [2.05, 4.69) is 5.32 Å². The second-order valence-electron chi connectivity index (χ2n) is 6.41. The first-order valence-electron chi connectivity index (χ1n) is 8.27. The largest absolute Gasteiger partial charge is 0.346 e. The summed E-state index contributed by atoms with van der Waals surface area (Å²) in [5.74, 6) is -0.206. The molecule has 0 aliphatic heterocycles. The standard InChI is InChI=1S/C19H25N3O3S/c1-14-6-8-16(9-7-14)15(2)20-19(23)17-10-12-18(13-11-17)22(5)26(24,25)21(3)4/h6-13,15H,1-5H3,(H,20,23)/t15-/m0/s1. The van der Waals surface area contributed by atoms with Crippen molar-refractivity contribution in [2.24, 2.45) is 0 Å². The molecule has 0 saturated carbocycles. The Balaban J connectivity index is 2.10. The van der Waals surface area contributed by atoms with Gasteiger partial charge in [-0.25, -0.2) is 0 Å². The SMILES string of the molecule is Cc1ccc([C@H](C)NC(=O)c2ccc(N(C)S(=O)(=O)N(C)C)cc2)cc1. The van der Waals surface area contributed by atoms with Crippen LogP contribution in [0.25, 0.3) is 0 Å². The van der Waals surface area contributed by atoms with Crippen molar-refractivity contribution in [3.05, 3.63) is 65.2 Å². The summed E-state index contributed by atoms with van der Waals surface area (Å²) in [6, 6.07) is 14.3. The fourth-order valence-corrected chi connectivity index (χ4v) is 3.30. The van der Waals surface area contributed by atoms with Gasteiger partial charge in [0, 0.05) is 26.7 Å². The number of rotatable bonds is 6. The average Bonchev–Trinajstić information content (AvgIpc) is 2.61. The number of anilines is 1. The Morgan fingerprint density at radius 3 is 2.00 bits per heavy atom. The zero-order valence-electron chi connectivity index (χ0n) is 15.7. The van der Waals surface area contributed by atoms with Crippen LogP contribution in [0.4, 0.5) is 5.69 Å². The Bertz CT molecular complexity index is 860. The maximum absolute atomic E-state index is 12.4. The van der Waals surface area contributed by atoms with Crippen LogP contribution in [-0.2, 0) is 10.2 Å². The van der Waals surface area contributed by atoms with Gasteiger partial charge < -0.3 is 5.32 Å². The molecule has 0 aliphatic rings. The zero-order valence-corrected chi connectivity index (χ0v) is 16.5. The van der Waals surface area contributed by atoms with Gasteiger partial charge in [0.05, 0.1) is 11.7 Å². The fourth-order valence-electron chi connectivity index (χ4n) is 2.42. The number of carbonyl (C=O) groups is 1. The minimum Gasteiger partial charge on any atom is -0.346 e. The van der Waals surface area contributed by atoms with Crippen LogP contribution in [0.2, 0.25) is 0 Å². The van der Waals surface area contributed by atoms with E-state index in [1.807, 2.05) is 38.1 Å². The molecule has 0 bridgehead atoms. The highest BCUT2D eigenvalue weighted by atomic mass is 32.2. The number of nitrogens with zero attached hydrogens (tertiary/aromatic N) is 2. The molecule has 0 fully saturated rings. The second kappa shape index (κ2) is 7.88. The highest BCUT2D eigenvalue weighted by Gasteiger charge is 2.21. The van der Waals surface area contributed by atoms with E-state index < -0.39 is 10.2 Å². The zero-order chi connectivity index (χ0) is 19.5. The molecule has 7 heteroatoms. The lowest BCUT2D eigenvalue weighted by molar-refractivity contribution is 0.0940. The molecule has 1 atom stereocenters. The van der Waals surface area contributed by atoms with E-state index in [0.717, 1.165) is 9.87 Å². The first kappa shape index (κ1) is 19.9. The number of carbonyl (C=O) groups excluding carboxylic acids is 1. The summed E-state index contributed by atoms with van der Waals surface area (Å²) in [6.07, 6.45) is 0. The van der Waals surface area contributed by atoms with Crippen molar-refractivity contribution in [2.75, 3.05) is 25.4 Å². The first-order chi connectivity index (χ1) is 12.1. The smallest absolute Gasteiger partial charge is 0.303 e. The molecule has 0 heterocycles. The summed E-state index contributed by atoms with van der Waals surface area (Å²) in [6.45, 7) is 3.94. The van der Waals surface area contributed by atoms with Crippen LogP contribution in [0.15, 0.2) is 48.5 Å². The van der Waals surface area contributed by atoms with Crippen LogP contribution in [0, 0.1) is 6.92 Å². The van der Waals surface area contributed by atoms with Gasteiger partial charge in [0.1, 0.15) is 0 Å². The Kier molecular flexibility index (Phi) is 6.05. The monoisotopic (exact) mass is 375 g/mol. The van der Waals surface area contributed by atoms with Gasteiger partial charge in [0.25, 0.3) is 5.91 Å². The summed E-state index contributed by atoms with van der Waals surface area (Å²) in [5, 5.41) is 2.95. The second-order valence-corrected chi connectivity index (χ2v) is 8.58. The Morgan fingerprint density at radius 1 is 0.962 bits per heavy atom. The lowest BCUT2D eigenvalue weighted by atomic mass is 10.1. The van der Waals surface area contributed by atoms with Crippen molar-refractivity contribution in [3.8, 4) is 0 Å². The van der Waals surface area contributed by atoms with Crippen LogP contribution in [0.1, 0.15) is 34.5 Å². The molecular formula is C19H25N3O3S. The van der Waals surface area contributed by atoms with Gasteiger partial charge in [-0.05, 0) is 43.7 Å². The molecule has 2 rings (SSSR count). The molecule has 0 radical (unpaired) electrons. The van der Waals surface area contributed by atoms with Crippen LogP contribution in [0.3, 0.4) is 0 Å². The highest BCUT2D eigenvalue weighted by Crippen LogP contribution is 2.19. The minimum atomic E-state index is -3.56. The van der Waals surface area contributed by atoms with Gasteiger partial charge >= 0.3 is 10.2 Å². The maximum atomic E-state index is 12.4. The Hall–Kier alpha value is -2.38. The predicted molar refractivity (Wildman–Crippen MR) is 105 cm³/mol. The molecule has 0 aromatic heterocycles. The van der Waals surface area contributed by atoms with E-state index in [1.54, 1.807) is 24.3 Å². The van der Waals surface area contributed by atoms with Crippen molar-refractivity contribution in [3.63, 3.8) is 0 Å². The average molecular weight is 375 g/mol.